The highest BCUT2D eigenvalue weighted by atomic mass is 19.1. The number of methoxy groups -OCH3 is 1. The number of carbonyl (C=O) groups excluding carboxylic acids is 1. The molecule has 1 saturated heterocycles. The Balaban J connectivity index is 1.47. The Morgan fingerprint density at radius 3 is 3.00 bits per heavy atom. The monoisotopic (exact) mass is 420 g/mol. The Kier molecular flexibility index (Phi) is 4.95. The van der Waals surface area contributed by atoms with Crippen molar-refractivity contribution in [2.75, 3.05) is 20.2 Å². The van der Waals surface area contributed by atoms with Gasteiger partial charge in [-0.1, -0.05) is 0 Å². The van der Waals surface area contributed by atoms with Crippen LogP contribution >= 0.6 is 0 Å². The zero-order chi connectivity index (χ0) is 21.4. The van der Waals surface area contributed by atoms with Crippen LogP contribution < -0.4 is 0 Å². The number of ether oxygens (including phenoxy) is 1. The lowest BCUT2D eigenvalue weighted by Gasteiger charge is -2.31. The van der Waals surface area contributed by atoms with Gasteiger partial charge < -0.3 is 19.2 Å². The summed E-state index contributed by atoms with van der Waals surface area (Å²) >= 11 is 0. The van der Waals surface area contributed by atoms with Gasteiger partial charge in [0, 0.05) is 43.5 Å². The van der Waals surface area contributed by atoms with E-state index in [2.05, 4.69) is 20.2 Å². The fourth-order valence-electron chi connectivity index (χ4n) is 4.04. The highest BCUT2D eigenvalue weighted by Crippen LogP contribution is 2.25. The van der Waals surface area contributed by atoms with Crippen molar-refractivity contribution in [3.05, 3.63) is 60.4 Å². The normalized spacial score (nSPS) is 16.7. The number of H-pyrrole nitrogens is 1. The molecule has 1 aliphatic rings. The first kappa shape index (κ1) is 19.4. The summed E-state index contributed by atoms with van der Waals surface area (Å²) in [5, 5.41) is 8.51. The van der Waals surface area contributed by atoms with Crippen molar-refractivity contribution in [1.82, 2.24) is 29.6 Å². The summed E-state index contributed by atoms with van der Waals surface area (Å²) in [7, 11) is 1.68. The number of piperidine rings is 1. The number of pyridine rings is 1. The summed E-state index contributed by atoms with van der Waals surface area (Å²) in [5.41, 5.74) is 2.36. The summed E-state index contributed by atoms with van der Waals surface area (Å²) in [6, 6.07) is 8.33. The van der Waals surface area contributed by atoms with Crippen molar-refractivity contribution in [1.29, 1.82) is 0 Å². The van der Waals surface area contributed by atoms with E-state index in [1.807, 2.05) is 29.3 Å². The molecule has 0 spiro atoms. The van der Waals surface area contributed by atoms with E-state index in [1.54, 1.807) is 17.9 Å². The highest BCUT2D eigenvalue weighted by molar-refractivity contribution is 5.97. The van der Waals surface area contributed by atoms with Crippen LogP contribution in [-0.4, -0.2) is 61.8 Å². The molecule has 1 aliphatic heterocycles. The van der Waals surface area contributed by atoms with Crippen LogP contribution in [0.2, 0.25) is 0 Å². The van der Waals surface area contributed by atoms with Gasteiger partial charge in [0.2, 0.25) is 0 Å². The number of amides is 1. The predicted molar refractivity (Wildman–Crippen MR) is 112 cm³/mol. The number of hydrogen-bond donors (Lipinski definition) is 1. The molecular weight excluding hydrogens is 399 g/mol. The molecule has 1 N–H and O–H groups in total. The maximum absolute atomic E-state index is 14.3. The molecule has 0 bridgehead atoms. The number of carbonyl (C=O) groups is 1. The maximum atomic E-state index is 14.3. The average Bonchev–Trinajstić information content (AvgIpc) is 3.48. The molecule has 4 aromatic rings. The first-order valence-electron chi connectivity index (χ1n) is 10.1. The van der Waals surface area contributed by atoms with Crippen molar-refractivity contribution < 1.29 is 13.9 Å². The zero-order valence-corrected chi connectivity index (χ0v) is 17.0. The molecule has 3 aromatic heterocycles. The standard InChI is InChI=1S/C22H21FN6O2/c1-31-19-3-2-5-28(12-19)22(30)16-7-14-4-6-29(21(14)24-11-16)18-9-15(8-17(23)10-18)20-25-13-26-27-20/h4,6-11,13,19H,2-3,5,12H2,1H3,(H,25,26,27)/t19-/m0/s1. The quantitative estimate of drug-likeness (QED) is 0.548. The van der Waals surface area contributed by atoms with E-state index >= 15 is 0 Å². The number of hydrogen-bond acceptors (Lipinski definition) is 5. The predicted octanol–water partition coefficient (Wildman–Crippen LogP) is 3.20. The third-order valence-electron chi connectivity index (χ3n) is 5.62. The number of nitrogens with one attached hydrogen (secondary N) is 1. The van der Waals surface area contributed by atoms with Crippen LogP contribution in [0.3, 0.4) is 0 Å². The Morgan fingerprint density at radius 2 is 2.19 bits per heavy atom. The molecule has 0 aliphatic carbocycles. The van der Waals surface area contributed by atoms with Gasteiger partial charge in [0.25, 0.3) is 5.91 Å². The molecule has 0 unspecified atom stereocenters. The number of likely N-dealkylation sites (tertiary alicyclic amines) is 1. The van der Waals surface area contributed by atoms with Gasteiger partial charge in [-0.25, -0.2) is 9.37 Å². The van der Waals surface area contributed by atoms with E-state index in [0.29, 0.717) is 41.4 Å². The number of halogens is 1. The van der Waals surface area contributed by atoms with Crippen molar-refractivity contribution in [2.24, 2.45) is 0 Å². The zero-order valence-electron chi connectivity index (χ0n) is 17.0. The summed E-state index contributed by atoms with van der Waals surface area (Å²) in [6.07, 6.45) is 6.79. The molecule has 0 radical (unpaired) electrons. The van der Waals surface area contributed by atoms with Crippen molar-refractivity contribution in [3.8, 4) is 17.1 Å². The van der Waals surface area contributed by atoms with Crippen LogP contribution in [0.25, 0.3) is 28.1 Å². The van der Waals surface area contributed by atoms with E-state index in [9.17, 15) is 9.18 Å². The molecular formula is C22H21FN6O2. The SMILES string of the molecule is CO[C@H]1CCCN(C(=O)c2cnc3c(ccn3-c3cc(F)cc(-c4nnc[nH]4)c3)c2)C1. The molecule has 1 aromatic carbocycles. The van der Waals surface area contributed by atoms with Crippen LogP contribution in [0, 0.1) is 5.82 Å². The molecule has 31 heavy (non-hydrogen) atoms. The Bertz CT molecular complexity index is 1240. The Hall–Kier alpha value is -3.59. The summed E-state index contributed by atoms with van der Waals surface area (Å²) < 4.78 is 21.5. The minimum Gasteiger partial charge on any atom is -0.380 e. The first-order chi connectivity index (χ1) is 15.1. The van der Waals surface area contributed by atoms with E-state index in [-0.39, 0.29) is 12.0 Å². The molecule has 5 rings (SSSR count). The first-order valence-corrected chi connectivity index (χ1v) is 10.1. The molecule has 1 atom stereocenters. The highest BCUT2D eigenvalue weighted by Gasteiger charge is 2.25. The third kappa shape index (κ3) is 3.68. The van der Waals surface area contributed by atoms with Gasteiger partial charge in [-0.3, -0.25) is 4.79 Å². The van der Waals surface area contributed by atoms with Crippen molar-refractivity contribution in [2.45, 2.75) is 18.9 Å². The fraction of sp³-hybridized carbons (Fsp3) is 0.273. The van der Waals surface area contributed by atoms with Crippen LogP contribution in [0.4, 0.5) is 4.39 Å². The maximum Gasteiger partial charge on any atom is 0.255 e. The largest absolute Gasteiger partial charge is 0.380 e. The second-order valence-corrected chi connectivity index (χ2v) is 7.61. The lowest BCUT2D eigenvalue weighted by molar-refractivity contribution is 0.0269. The second-order valence-electron chi connectivity index (χ2n) is 7.61. The van der Waals surface area contributed by atoms with Crippen LogP contribution in [0.5, 0.6) is 0 Å². The lowest BCUT2D eigenvalue weighted by atomic mass is 10.1. The number of fused-ring (bicyclic) bond motifs is 1. The van der Waals surface area contributed by atoms with Crippen molar-refractivity contribution >= 4 is 16.9 Å². The average molecular weight is 420 g/mol. The number of nitrogens with zero attached hydrogens (tertiary/aromatic N) is 5. The topological polar surface area (TPSA) is 88.9 Å². The van der Waals surface area contributed by atoms with E-state index in [1.165, 1.54) is 18.5 Å². The van der Waals surface area contributed by atoms with Gasteiger partial charge in [0.1, 0.15) is 17.8 Å². The van der Waals surface area contributed by atoms with Gasteiger partial charge in [-0.2, -0.15) is 0 Å². The van der Waals surface area contributed by atoms with Gasteiger partial charge >= 0.3 is 0 Å². The molecule has 158 valence electrons. The van der Waals surface area contributed by atoms with E-state index in [4.69, 9.17) is 4.74 Å². The van der Waals surface area contributed by atoms with Gasteiger partial charge in [0.05, 0.1) is 17.4 Å². The number of aromatic amines is 1. The van der Waals surface area contributed by atoms with E-state index < -0.39 is 5.82 Å². The summed E-state index contributed by atoms with van der Waals surface area (Å²) in [6.45, 7) is 1.30. The van der Waals surface area contributed by atoms with Crippen LogP contribution in [0.15, 0.2) is 49.1 Å². The van der Waals surface area contributed by atoms with Gasteiger partial charge in [-0.15, -0.1) is 10.2 Å². The molecule has 0 saturated carbocycles. The second kappa shape index (κ2) is 7.92. The van der Waals surface area contributed by atoms with Crippen LogP contribution in [-0.2, 0) is 4.74 Å². The van der Waals surface area contributed by atoms with Gasteiger partial charge in [0.15, 0.2) is 5.82 Å². The molecule has 8 nitrogen and oxygen atoms in total. The van der Waals surface area contributed by atoms with Gasteiger partial charge in [-0.05, 0) is 43.2 Å². The van der Waals surface area contributed by atoms with E-state index in [0.717, 1.165) is 18.2 Å². The number of rotatable bonds is 4. The minimum absolute atomic E-state index is 0.0535. The lowest BCUT2D eigenvalue weighted by Crippen LogP contribution is -2.42. The van der Waals surface area contributed by atoms with Crippen LogP contribution in [0.1, 0.15) is 23.2 Å². The number of benzene rings is 1. The fourth-order valence-corrected chi connectivity index (χ4v) is 4.04. The molecule has 4 heterocycles. The minimum atomic E-state index is -0.393. The summed E-state index contributed by atoms with van der Waals surface area (Å²) in [4.78, 5) is 22.2. The molecule has 1 amide bonds. The molecule has 1 fully saturated rings. The van der Waals surface area contributed by atoms with Crippen molar-refractivity contribution in [3.63, 3.8) is 0 Å². The third-order valence-corrected chi connectivity index (χ3v) is 5.62. The Labute approximate surface area is 177 Å². The summed E-state index contributed by atoms with van der Waals surface area (Å²) in [5.74, 6) is 0.0338. The smallest absolute Gasteiger partial charge is 0.255 e. The Morgan fingerprint density at radius 1 is 1.29 bits per heavy atom. The molecule has 9 heteroatoms. The number of aromatic nitrogens is 5.